The quantitative estimate of drug-likeness (QED) is 0.862. The highest BCUT2D eigenvalue weighted by molar-refractivity contribution is 6.09. The first-order chi connectivity index (χ1) is 10.3. The lowest BCUT2D eigenvalue weighted by atomic mass is 9.89. The van der Waals surface area contributed by atoms with E-state index in [1.54, 1.807) is 18.7 Å². The molecule has 1 aliphatic rings. The zero-order valence-corrected chi connectivity index (χ0v) is 13.2. The van der Waals surface area contributed by atoms with Crippen LogP contribution in [0, 0.1) is 11.2 Å². The second-order valence-corrected chi connectivity index (χ2v) is 6.18. The van der Waals surface area contributed by atoms with E-state index < -0.39 is 5.41 Å². The Labute approximate surface area is 130 Å². The number of nitrogens with zero attached hydrogens (tertiary/aromatic N) is 2. The lowest BCUT2D eigenvalue weighted by Crippen LogP contribution is -2.53. The zero-order valence-electron chi connectivity index (χ0n) is 13.2. The average molecular weight is 307 g/mol. The second kappa shape index (κ2) is 6.44. The fourth-order valence-electron chi connectivity index (χ4n) is 2.32. The fraction of sp³-hybridized carbons (Fsp3) is 0.500. The van der Waals surface area contributed by atoms with Crippen LogP contribution in [0.4, 0.5) is 10.1 Å². The maximum absolute atomic E-state index is 12.9. The number of carbonyl (C=O) groups is 2. The Balaban J connectivity index is 2.03. The predicted molar refractivity (Wildman–Crippen MR) is 82.9 cm³/mol. The van der Waals surface area contributed by atoms with Crippen molar-refractivity contribution in [1.82, 2.24) is 9.80 Å². The molecule has 0 radical (unpaired) electrons. The molecule has 1 heterocycles. The summed E-state index contributed by atoms with van der Waals surface area (Å²) in [6.07, 6.45) is 0. The van der Waals surface area contributed by atoms with Crippen molar-refractivity contribution in [1.29, 1.82) is 0 Å². The molecule has 1 saturated heterocycles. The zero-order chi connectivity index (χ0) is 16.3. The predicted octanol–water partition coefficient (Wildman–Crippen LogP) is 1.56. The minimum atomic E-state index is -1.16. The number of rotatable bonds is 3. The largest absolute Gasteiger partial charge is 0.339 e. The van der Waals surface area contributed by atoms with Crippen LogP contribution in [-0.2, 0) is 9.59 Å². The molecule has 0 atom stereocenters. The summed E-state index contributed by atoms with van der Waals surface area (Å²) in [6.45, 7) is 6.10. The van der Waals surface area contributed by atoms with Crippen LogP contribution in [-0.4, -0.2) is 54.8 Å². The summed E-state index contributed by atoms with van der Waals surface area (Å²) in [5, 5.41) is 2.67. The van der Waals surface area contributed by atoms with E-state index in [1.807, 2.05) is 7.05 Å². The number of halogens is 1. The molecular formula is C16H22FN3O2. The summed E-state index contributed by atoms with van der Waals surface area (Å²) in [6, 6.07) is 5.49. The molecule has 0 bridgehead atoms. The van der Waals surface area contributed by atoms with Crippen LogP contribution in [0.1, 0.15) is 13.8 Å². The number of amides is 2. The van der Waals surface area contributed by atoms with Crippen LogP contribution in [0.25, 0.3) is 0 Å². The Bertz CT molecular complexity index is 549. The summed E-state index contributed by atoms with van der Waals surface area (Å²) in [5.74, 6) is -0.936. The van der Waals surface area contributed by atoms with Crippen LogP contribution in [0.2, 0.25) is 0 Å². The maximum atomic E-state index is 12.9. The molecule has 1 aromatic carbocycles. The van der Waals surface area contributed by atoms with Crippen LogP contribution < -0.4 is 5.32 Å². The van der Waals surface area contributed by atoms with Crippen LogP contribution >= 0.6 is 0 Å². The van der Waals surface area contributed by atoms with Crippen molar-refractivity contribution in [2.24, 2.45) is 5.41 Å². The van der Waals surface area contributed by atoms with Gasteiger partial charge in [-0.1, -0.05) is 0 Å². The Hall–Kier alpha value is -1.95. The van der Waals surface area contributed by atoms with E-state index >= 15 is 0 Å². The molecule has 22 heavy (non-hydrogen) atoms. The number of anilines is 1. The molecule has 1 fully saturated rings. The van der Waals surface area contributed by atoms with E-state index in [9.17, 15) is 14.0 Å². The highest BCUT2D eigenvalue weighted by atomic mass is 19.1. The molecule has 1 N–H and O–H groups in total. The first-order valence-corrected chi connectivity index (χ1v) is 7.35. The molecule has 120 valence electrons. The number of hydrogen-bond donors (Lipinski definition) is 1. The van der Waals surface area contributed by atoms with Gasteiger partial charge in [0, 0.05) is 31.9 Å². The van der Waals surface area contributed by atoms with Gasteiger partial charge in [-0.05, 0) is 45.2 Å². The smallest absolute Gasteiger partial charge is 0.239 e. The van der Waals surface area contributed by atoms with E-state index in [1.165, 1.54) is 24.3 Å². The van der Waals surface area contributed by atoms with E-state index in [0.29, 0.717) is 18.8 Å². The van der Waals surface area contributed by atoms with Crippen molar-refractivity contribution in [2.45, 2.75) is 13.8 Å². The maximum Gasteiger partial charge on any atom is 0.239 e. The van der Waals surface area contributed by atoms with Crippen molar-refractivity contribution in [3.05, 3.63) is 30.1 Å². The SMILES string of the molecule is CN1CCN(C(=O)C(C)(C)C(=O)Nc2ccc(F)cc2)CC1. The van der Waals surface area contributed by atoms with Crippen LogP contribution in [0.15, 0.2) is 24.3 Å². The van der Waals surface area contributed by atoms with E-state index in [4.69, 9.17) is 0 Å². The number of hydrogen-bond acceptors (Lipinski definition) is 3. The molecule has 1 aliphatic heterocycles. The van der Waals surface area contributed by atoms with Gasteiger partial charge in [-0.25, -0.2) is 4.39 Å². The normalized spacial score (nSPS) is 16.5. The van der Waals surface area contributed by atoms with Gasteiger partial charge in [0.15, 0.2) is 0 Å². The molecule has 2 amide bonds. The lowest BCUT2D eigenvalue weighted by molar-refractivity contribution is -0.147. The molecule has 0 saturated carbocycles. The third-order valence-corrected chi connectivity index (χ3v) is 3.99. The number of nitrogens with one attached hydrogen (secondary N) is 1. The molecule has 2 rings (SSSR count). The van der Waals surface area contributed by atoms with Crippen molar-refractivity contribution in [2.75, 3.05) is 38.5 Å². The number of benzene rings is 1. The highest BCUT2D eigenvalue weighted by Gasteiger charge is 2.39. The van der Waals surface area contributed by atoms with Crippen molar-refractivity contribution >= 4 is 17.5 Å². The number of likely N-dealkylation sites (N-methyl/N-ethyl adjacent to an activating group) is 1. The number of carbonyl (C=O) groups excluding carboxylic acids is 2. The second-order valence-electron chi connectivity index (χ2n) is 6.18. The summed E-state index contributed by atoms with van der Waals surface area (Å²) >= 11 is 0. The summed E-state index contributed by atoms with van der Waals surface area (Å²) < 4.78 is 12.9. The van der Waals surface area contributed by atoms with Gasteiger partial charge in [0.2, 0.25) is 11.8 Å². The van der Waals surface area contributed by atoms with E-state index in [2.05, 4.69) is 10.2 Å². The summed E-state index contributed by atoms with van der Waals surface area (Å²) in [5.41, 5.74) is -0.685. The molecule has 0 aliphatic carbocycles. The number of piperazine rings is 1. The lowest BCUT2D eigenvalue weighted by Gasteiger charge is -2.36. The fourth-order valence-corrected chi connectivity index (χ4v) is 2.32. The van der Waals surface area contributed by atoms with Gasteiger partial charge < -0.3 is 15.1 Å². The van der Waals surface area contributed by atoms with Gasteiger partial charge in [0.05, 0.1) is 0 Å². The third kappa shape index (κ3) is 3.62. The summed E-state index contributed by atoms with van der Waals surface area (Å²) in [4.78, 5) is 28.9. The van der Waals surface area contributed by atoms with Crippen LogP contribution in [0.3, 0.4) is 0 Å². The van der Waals surface area contributed by atoms with Crippen molar-refractivity contribution < 1.29 is 14.0 Å². The molecule has 1 aromatic rings. The minimum Gasteiger partial charge on any atom is -0.339 e. The van der Waals surface area contributed by atoms with Gasteiger partial charge in [0.1, 0.15) is 11.2 Å². The van der Waals surface area contributed by atoms with Crippen LogP contribution in [0.5, 0.6) is 0 Å². The van der Waals surface area contributed by atoms with Gasteiger partial charge >= 0.3 is 0 Å². The molecular weight excluding hydrogens is 285 g/mol. The molecule has 0 unspecified atom stereocenters. The van der Waals surface area contributed by atoms with Gasteiger partial charge in [-0.15, -0.1) is 0 Å². The van der Waals surface area contributed by atoms with Gasteiger partial charge in [-0.3, -0.25) is 9.59 Å². The average Bonchev–Trinajstić information content (AvgIpc) is 2.49. The third-order valence-electron chi connectivity index (χ3n) is 3.99. The Morgan fingerprint density at radius 1 is 1.09 bits per heavy atom. The molecule has 0 spiro atoms. The molecule has 0 aromatic heterocycles. The standard InChI is InChI=1S/C16H22FN3O2/c1-16(2,15(22)20-10-8-19(3)9-11-20)14(21)18-13-6-4-12(17)5-7-13/h4-7H,8-11H2,1-3H3,(H,18,21). The first-order valence-electron chi connectivity index (χ1n) is 7.35. The highest BCUT2D eigenvalue weighted by Crippen LogP contribution is 2.23. The Morgan fingerprint density at radius 3 is 2.18 bits per heavy atom. The van der Waals surface area contributed by atoms with E-state index in [-0.39, 0.29) is 17.6 Å². The molecule has 5 nitrogen and oxygen atoms in total. The topological polar surface area (TPSA) is 52.7 Å². The summed E-state index contributed by atoms with van der Waals surface area (Å²) in [7, 11) is 2.01. The van der Waals surface area contributed by atoms with Crippen molar-refractivity contribution in [3.63, 3.8) is 0 Å². The first kappa shape index (κ1) is 16.4. The monoisotopic (exact) mass is 307 g/mol. The van der Waals surface area contributed by atoms with Gasteiger partial charge in [-0.2, -0.15) is 0 Å². The van der Waals surface area contributed by atoms with Crippen molar-refractivity contribution in [3.8, 4) is 0 Å². The Kier molecular flexibility index (Phi) is 4.81. The molecule has 6 heteroatoms. The van der Waals surface area contributed by atoms with E-state index in [0.717, 1.165) is 13.1 Å². The Morgan fingerprint density at radius 2 is 1.64 bits per heavy atom. The van der Waals surface area contributed by atoms with Gasteiger partial charge in [0.25, 0.3) is 0 Å². The minimum absolute atomic E-state index is 0.180.